The number of hydrogen-bond acceptors (Lipinski definition) is 4. The molecule has 0 unspecified atom stereocenters. The molecular formula is HKNa2O4Si. The van der Waals surface area contributed by atoms with E-state index in [4.69, 9.17) is 19.2 Å². The maximum absolute atomic E-state index is 8.69. The van der Waals surface area contributed by atoms with Gasteiger partial charge in [-0.25, -0.2) is 0 Å². The first-order valence-corrected chi connectivity index (χ1v) is 2.51. The molecule has 0 spiro atoms. The van der Waals surface area contributed by atoms with Gasteiger partial charge in [-0.3, -0.25) is 0 Å². The van der Waals surface area contributed by atoms with Crippen LogP contribution in [0, 0.1) is 0 Å². The monoisotopic (exact) mass is 178 g/mol. The van der Waals surface area contributed by atoms with Crippen molar-refractivity contribution >= 4 is 9.05 Å². The van der Waals surface area contributed by atoms with Gasteiger partial charge in [0.15, 0.2) is 0 Å². The first-order chi connectivity index (χ1) is 2.00. The molecule has 0 saturated carbocycles. The van der Waals surface area contributed by atoms with E-state index in [1.54, 1.807) is 0 Å². The predicted octanol–water partition coefficient (Wildman–Crippen LogP) is -13.5. The van der Waals surface area contributed by atoms with Gasteiger partial charge in [0.1, 0.15) is 0 Å². The van der Waals surface area contributed by atoms with E-state index in [0.29, 0.717) is 0 Å². The Bertz CT molecular complexity index is 29.5. The van der Waals surface area contributed by atoms with Gasteiger partial charge in [0, 0.05) is 0 Å². The summed E-state index contributed by atoms with van der Waals surface area (Å²) in [6.45, 7) is 0. The van der Waals surface area contributed by atoms with Gasteiger partial charge in [-0.05, 0) is 0 Å². The Morgan fingerprint density at radius 3 is 1.00 bits per heavy atom. The van der Waals surface area contributed by atoms with Crippen LogP contribution >= 0.6 is 0 Å². The molecular weight excluding hydrogens is 177 g/mol. The molecule has 0 radical (unpaired) electrons. The minimum absolute atomic E-state index is 0. The van der Waals surface area contributed by atoms with Crippen LogP contribution in [-0.2, 0) is 0 Å². The smallest absolute Gasteiger partial charge is 0.861 e. The molecule has 0 fully saturated rings. The van der Waals surface area contributed by atoms with E-state index in [2.05, 4.69) is 0 Å². The van der Waals surface area contributed by atoms with Crippen LogP contribution in [0.3, 0.4) is 0 Å². The molecule has 32 valence electrons. The van der Waals surface area contributed by atoms with Crippen LogP contribution in [0.2, 0.25) is 0 Å². The van der Waals surface area contributed by atoms with Crippen molar-refractivity contribution in [1.29, 1.82) is 0 Å². The number of rotatable bonds is 0. The average molecular weight is 178 g/mol. The van der Waals surface area contributed by atoms with Crippen LogP contribution < -0.4 is 125 Å². The second-order valence-corrected chi connectivity index (χ2v) is 1.57. The van der Waals surface area contributed by atoms with E-state index in [0.717, 1.165) is 0 Å². The van der Waals surface area contributed by atoms with Gasteiger partial charge in [0.05, 0.1) is 0 Å². The molecule has 1 N–H and O–H groups in total. The van der Waals surface area contributed by atoms with Gasteiger partial charge in [-0.2, -0.15) is 0 Å². The molecule has 0 atom stereocenters. The average Bonchev–Trinajstić information content (AvgIpc) is 0.722. The van der Waals surface area contributed by atoms with Crippen molar-refractivity contribution in [2.24, 2.45) is 0 Å². The summed E-state index contributed by atoms with van der Waals surface area (Å²) in [4.78, 5) is 33.1. The van der Waals surface area contributed by atoms with Crippen LogP contribution in [0.1, 0.15) is 0 Å². The standard InChI is InChI=1S/K.2Na.HO4Si/c;;;1-5(2,3)4/h;;;1H/q3*+1;-3. The zero-order chi connectivity index (χ0) is 4.50. The Kier molecular flexibility index (Phi) is 30.2. The van der Waals surface area contributed by atoms with Gasteiger partial charge in [-0.1, -0.05) is 0 Å². The van der Waals surface area contributed by atoms with Crippen molar-refractivity contribution in [2.45, 2.75) is 0 Å². The van der Waals surface area contributed by atoms with Gasteiger partial charge in [0.2, 0.25) is 0 Å². The molecule has 0 saturated heterocycles. The zero-order valence-electron chi connectivity index (χ0n) is 5.17. The SMILES string of the molecule is [K+].[Na+].[Na+].[O-][Si]([O-])([O-])O. The third-order valence-corrected chi connectivity index (χ3v) is 0. The topological polar surface area (TPSA) is 89.4 Å². The first kappa shape index (κ1) is 22.6. The fraction of sp³-hybridized carbons (Fsp3) is 0. The van der Waals surface area contributed by atoms with Crippen LogP contribution in [0.4, 0.5) is 0 Å². The summed E-state index contributed by atoms with van der Waals surface area (Å²) in [7, 11) is -5.36. The number of hydrogen-bond donors (Lipinski definition) is 1. The minimum atomic E-state index is -5.36. The van der Waals surface area contributed by atoms with E-state index in [1.165, 1.54) is 0 Å². The van der Waals surface area contributed by atoms with Crippen molar-refractivity contribution in [2.75, 3.05) is 0 Å². The minimum Gasteiger partial charge on any atom is -0.861 e. The molecule has 0 aromatic rings. The maximum atomic E-state index is 8.69. The van der Waals surface area contributed by atoms with Crippen molar-refractivity contribution in [3.63, 3.8) is 0 Å². The summed E-state index contributed by atoms with van der Waals surface area (Å²) < 4.78 is 0. The quantitative estimate of drug-likeness (QED) is 0.373. The molecule has 0 amide bonds. The summed E-state index contributed by atoms with van der Waals surface area (Å²) in [5.74, 6) is 0. The summed E-state index contributed by atoms with van der Waals surface area (Å²) in [5, 5.41) is 0. The normalized spacial score (nSPS) is 7.50. The van der Waals surface area contributed by atoms with Gasteiger partial charge in [0.25, 0.3) is 0 Å². The third-order valence-electron chi connectivity index (χ3n) is 0. The third kappa shape index (κ3) is 53.7. The van der Waals surface area contributed by atoms with E-state index < -0.39 is 9.05 Å². The van der Waals surface area contributed by atoms with E-state index in [9.17, 15) is 0 Å². The molecule has 0 aromatic carbocycles. The largest absolute Gasteiger partial charge is 1.00 e. The second kappa shape index (κ2) is 10.7. The molecule has 4 nitrogen and oxygen atoms in total. The molecule has 8 heteroatoms. The molecule has 0 aliphatic carbocycles. The summed E-state index contributed by atoms with van der Waals surface area (Å²) >= 11 is 0. The van der Waals surface area contributed by atoms with Crippen LogP contribution in [0.25, 0.3) is 0 Å². The molecule has 0 bridgehead atoms. The summed E-state index contributed by atoms with van der Waals surface area (Å²) in [6.07, 6.45) is 0. The maximum Gasteiger partial charge on any atom is 1.00 e. The zero-order valence-corrected chi connectivity index (χ0v) is 13.3. The summed E-state index contributed by atoms with van der Waals surface area (Å²) in [6, 6.07) is 0. The van der Waals surface area contributed by atoms with E-state index in [1.807, 2.05) is 0 Å². The molecule has 0 rings (SSSR count). The van der Waals surface area contributed by atoms with E-state index >= 15 is 0 Å². The first-order valence-electron chi connectivity index (χ1n) is 0.836. The summed E-state index contributed by atoms with van der Waals surface area (Å²) in [5.41, 5.74) is 0. The Labute approximate surface area is 135 Å². The van der Waals surface area contributed by atoms with Crippen molar-refractivity contribution < 1.29 is 130 Å². The van der Waals surface area contributed by atoms with Crippen molar-refractivity contribution in [1.82, 2.24) is 0 Å². The van der Waals surface area contributed by atoms with Crippen LogP contribution in [0.15, 0.2) is 0 Å². The molecule has 0 aliphatic heterocycles. The molecule has 0 aliphatic rings. The Hall–Kier alpha value is 3.69. The fourth-order valence-corrected chi connectivity index (χ4v) is 0. The van der Waals surface area contributed by atoms with E-state index in [-0.39, 0.29) is 110 Å². The Morgan fingerprint density at radius 1 is 1.00 bits per heavy atom. The van der Waals surface area contributed by atoms with Crippen molar-refractivity contribution in [3.05, 3.63) is 0 Å². The van der Waals surface area contributed by atoms with Crippen LogP contribution in [0.5, 0.6) is 0 Å². The molecule has 0 heterocycles. The molecule has 0 aromatic heterocycles. The fourth-order valence-electron chi connectivity index (χ4n) is 0. The second-order valence-electron chi connectivity index (χ2n) is 0.524. The van der Waals surface area contributed by atoms with Gasteiger partial charge in [-0.15, -0.1) is 9.05 Å². The molecule has 8 heavy (non-hydrogen) atoms. The van der Waals surface area contributed by atoms with Gasteiger partial charge >= 0.3 is 110 Å². The predicted molar refractivity (Wildman–Crippen MR) is 7.97 cm³/mol. The van der Waals surface area contributed by atoms with Crippen molar-refractivity contribution in [3.8, 4) is 0 Å². The van der Waals surface area contributed by atoms with Gasteiger partial charge < -0.3 is 19.2 Å². The van der Waals surface area contributed by atoms with Crippen LogP contribution in [-0.4, -0.2) is 13.8 Å². The Balaban J connectivity index is -0.0000000267. The Morgan fingerprint density at radius 2 is 1.00 bits per heavy atom.